The summed E-state index contributed by atoms with van der Waals surface area (Å²) in [7, 11) is 1.81. The van der Waals surface area contributed by atoms with Gasteiger partial charge < -0.3 is 14.2 Å². The molecule has 2 saturated carbocycles. The SMILES string of the molecule is C/N=c1/n(CCC2C3CCC2CC3)ccn1CC(=O)c1cc(C(C)(C)C)c(O)c(C(C)(C)C)c1. The minimum Gasteiger partial charge on any atom is -0.507 e. The van der Waals surface area contributed by atoms with Crippen LogP contribution in [0.2, 0.25) is 0 Å². The number of benzene rings is 1. The first-order valence-corrected chi connectivity index (χ1v) is 13.0. The highest BCUT2D eigenvalue weighted by molar-refractivity contribution is 5.96. The molecule has 5 nitrogen and oxygen atoms in total. The van der Waals surface area contributed by atoms with Gasteiger partial charge in [0.2, 0.25) is 5.62 Å². The maximum Gasteiger partial charge on any atom is 0.205 e. The average Bonchev–Trinajstić information content (AvgIpc) is 3.44. The van der Waals surface area contributed by atoms with Crippen LogP contribution in [0, 0.1) is 17.8 Å². The van der Waals surface area contributed by atoms with Crippen LogP contribution in [-0.4, -0.2) is 27.1 Å². The first-order chi connectivity index (χ1) is 15.9. The molecule has 1 heterocycles. The Hall–Kier alpha value is -2.30. The number of aryl methyl sites for hydroxylation is 1. The van der Waals surface area contributed by atoms with Crippen molar-refractivity contribution in [3.63, 3.8) is 0 Å². The molecular formula is C29H43N3O2. The maximum absolute atomic E-state index is 13.5. The fourth-order valence-corrected chi connectivity index (χ4v) is 6.34. The molecule has 0 radical (unpaired) electrons. The van der Waals surface area contributed by atoms with Gasteiger partial charge in [-0.15, -0.1) is 0 Å². The summed E-state index contributed by atoms with van der Waals surface area (Å²) in [4.78, 5) is 18.0. The summed E-state index contributed by atoms with van der Waals surface area (Å²) in [5.74, 6) is 3.07. The Kier molecular flexibility index (Phi) is 6.61. The third-order valence-electron chi connectivity index (χ3n) is 8.23. The van der Waals surface area contributed by atoms with Gasteiger partial charge >= 0.3 is 0 Å². The highest BCUT2D eigenvalue weighted by Gasteiger charge is 2.40. The quantitative estimate of drug-likeness (QED) is 0.546. The van der Waals surface area contributed by atoms with E-state index in [2.05, 4.69) is 57.3 Å². The van der Waals surface area contributed by atoms with E-state index in [1.807, 2.05) is 29.9 Å². The average molecular weight is 466 g/mol. The van der Waals surface area contributed by atoms with E-state index in [1.54, 1.807) is 0 Å². The zero-order chi connectivity index (χ0) is 24.8. The lowest BCUT2D eigenvalue weighted by Gasteiger charge is -2.28. The van der Waals surface area contributed by atoms with Crippen LogP contribution in [0.5, 0.6) is 5.75 Å². The molecule has 2 bridgehead atoms. The summed E-state index contributed by atoms with van der Waals surface area (Å²) in [5, 5.41) is 11.0. The number of fused-ring (bicyclic) bond motifs is 2. The molecule has 1 aromatic carbocycles. The second kappa shape index (κ2) is 9.05. The van der Waals surface area contributed by atoms with Crippen LogP contribution in [0.1, 0.15) is 95.1 Å². The number of hydrogen-bond donors (Lipinski definition) is 1. The molecule has 0 unspecified atom stereocenters. The molecule has 2 aromatic rings. The molecule has 0 amide bonds. The van der Waals surface area contributed by atoms with Gasteiger partial charge in [0.05, 0.1) is 6.54 Å². The van der Waals surface area contributed by atoms with Crippen LogP contribution < -0.4 is 5.62 Å². The fourth-order valence-electron chi connectivity index (χ4n) is 6.34. The van der Waals surface area contributed by atoms with Gasteiger partial charge in [0.1, 0.15) is 5.75 Å². The van der Waals surface area contributed by atoms with Crippen molar-refractivity contribution in [2.75, 3.05) is 7.05 Å². The number of carbonyl (C=O) groups is 1. The standard InChI is InChI=1S/C29H43N3O2/c1-28(2,3)23-16-21(17-24(26(23)34)29(4,5)6)25(33)18-32-15-14-31(27(32)30-7)13-12-22-19-8-9-20(22)11-10-19/h14-17,19-20,22,34H,8-13,18H2,1-7H3/b30-27-. The zero-order valence-electron chi connectivity index (χ0n) is 22.2. The Morgan fingerprint density at radius 1 is 0.941 bits per heavy atom. The number of phenolic OH excluding ortho intramolecular Hbond substituents is 1. The van der Waals surface area contributed by atoms with E-state index >= 15 is 0 Å². The van der Waals surface area contributed by atoms with Crippen molar-refractivity contribution in [1.29, 1.82) is 0 Å². The predicted molar refractivity (Wildman–Crippen MR) is 137 cm³/mol. The number of carbonyl (C=O) groups excluding carboxylic acids is 1. The summed E-state index contributed by atoms with van der Waals surface area (Å²) in [6.07, 6.45) is 10.9. The lowest BCUT2D eigenvalue weighted by atomic mass is 9.78. The Balaban J connectivity index is 1.57. The first-order valence-electron chi connectivity index (χ1n) is 13.0. The van der Waals surface area contributed by atoms with Crippen LogP contribution in [0.25, 0.3) is 0 Å². The molecule has 2 aliphatic carbocycles. The molecular weight excluding hydrogens is 422 g/mol. The number of phenols is 1. The van der Waals surface area contributed by atoms with Gasteiger partial charge in [-0.25, -0.2) is 0 Å². The molecule has 2 aliphatic rings. The molecule has 4 rings (SSSR count). The summed E-state index contributed by atoms with van der Waals surface area (Å²) in [6, 6.07) is 3.76. The molecule has 34 heavy (non-hydrogen) atoms. The highest BCUT2D eigenvalue weighted by Crippen LogP contribution is 2.50. The van der Waals surface area contributed by atoms with Crippen molar-refractivity contribution in [3.05, 3.63) is 46.8 Å². The summed E-state index contributed by atoms with van der Waals surface area (Å²) in [6.45, 7) is 13.6. The minimum absolute atomic E-state index is 0.0393. The van der Waals surface area contributed by atoms with Crippen molar-refractivity contribution in [3.8, 4) is 5.75 Å². The largest absolute Gasteiger partial charge is 0.507 e. The lowest BCUT2D eigenvalue weighted by Crippen LogP contribution is -2.29. The summed E-state index contributed by atoms with van der Waals surface area (Å²) in [5.41, 5.74) is 2.61. The van der Waals surface area contributed by atoms with Crippen LogP contribution in [-0.2, 0) is 23.9 Å². The van der Waals surface area contributed by atoms with Gasteiger partial charge in [-0.05, 0) is 72.8 Å². The van der Waals surface area contributed by atoms with E-state index in [9.17, 15) is 9.90 Å². The molecule has 0 saturated heterocycles. The Bertz CT molecular complexity index is 1070. The number of hydrogen-bond acceptors (Lipinski definition) is 3. The van der Waals surface area contributed by atoms with Crippen LogP contribution >= 0.6 is 0 Å². The molecule has 0 atom stereocenters. The third-order valence-corrected chi connectivity index (χ3v) is 8.23. The van der Waals surface area contributed by atoms with Gasteiger partial charge in [0.25, 0.3) is 0 Å². The van der Waals surface area contributed by atoms with Crippen LogP contribution in [0.4, 0.5) is 0 Å². The Morgan fingerprint density at radius 3 is 1.91 bits per heavy atom. The Labute approximate surface area is 204 Å². The van der Waals surface area contributed by atoms with Crippen molar-refractivity contribution in [1.82, 2.24) is 9.13 Å². The molecule has 1 N–H and O–H groups in total. The Morgan fingerprint density at radius 2 is 1.44 bits per heavy atom. The molecule has 186 valence electrons. The van der Waals surface area contributed by atoms with E-state index in [1.165, 1.54) is 32.1 Å². The third kappa shape index (κ3) is 4.76. The van der Waals surface area contributed by atoms with E-state index in [0.717, 1.165) is 41.0 Å². The molecule has 5 heteroatoms. The van der Waals surface area contributed by atoms with Crippen molar-refractivity contribution in [2.24, 2.45) is 22.7 Å². The first kappa shape index (κ1) is 24.8. The highest BCUT2D eigenvalue weighted by atomic mass is 16.3. The molecule has 0 spiro atoms. The molecule has 0 aliphatic heterocycles. The number of nitrogens with zero attached hydrogens (tertiary/aromatic N) is 3. The number of aromatic hydroxyl groups is 1. The van der Waals surface area contributed by atoms with Gasteiger partial charge in [0.15, 0.2) is 5.78 Å². The van der Waals surface area contributed by atoms with Gasteiger partial charge in [-0.2, -0.15) is 0 Å². The maximum atomic E-state index is 13.5. The van der Waals surface area contributed by atoms with Crippen molar-refractivity contribution in [2.45, 2.75) is 97.6 Å². The van der Waals surface area contributed by atoms with Crippen molar-refractivity contribution < 1.29 is 9.90 Å². The number of imidazole rings is 1. The predicted octanol–water partition coefficient (Wildman–Crippen LogP) is 5.83. The minimum atomic E-state index is -0.263. The van der Waals surface area contributed by atoms with Gasteiger partial charge in [0, 0.05) is 42.7 Å². The monoisotopic (exact) mass is 465 g/mol. The van der Waals surface area contributed by atoms with Gasteiger partial charge in [-0.1, -0.05) is 41.5 Å². The van der Waals surface area contributed by atoms with Gasteiger partial charge in [-0.3, -0.25) is 9.79 Å². The smallest absolute Gasteiger partial charge is 0.205 e. The summed E-state index contributed by atoms with van der Waals surface area (Å²) < 4.78 is 4.18. The van der Waals surface area contributed by atoms with Crippen LogP contribution in [0.3, 0.4) is 0 Å². The van der Waals surface area contributed by atoms with E-state index in [0.29, 0.717) is 11.3 Å². The van der Waals surface area contributed by atoms with Crippen molar-refractivity contribution >= 4 is 5.78 Å². The fraction of sp³-hybridized carbons (Fsp3) is 0.655. The van der Waals surface area contributed by atoms with E-state index < -0.39 is 0 Å². The van der Waals surface area contributed by atoms with E-state index in [4.69, 9.17) is 0 Å². The zero-order valence-corrected chi connectivity index (χ0v) is 22.2. The second-order valence-electron chi connectivity index (χ2n) is 12.6. The number of Topliss-reactive ketones (excluding diaryl/α,β-unsaturated/α-hetero) is 1. The molecule has 1 aromatic heterocycles. The molecule has 2 fully saturated rings. The number of rotatable bonds is 6. The van der Waals surface area contributed by atoms with E-state index in [-0.39, 0.29) is 23.2 Å². The summed E-state index contributed by atoms with van der Waals surface area (Å²) >= 11 is 0. The lowest BCUT2D eigenvalue weighted by molar-refractivity contribution is 0.0970. The topological polar surface area (TPSA) is 59.5 Å². The van der Waals surface area contributed by atoms with Crippen LogP contribution in [0.15, 0.2) is 29.5 Å². The number of ketones is 1. The number of aromatic nitrogens is 2. The normalized spacial score (nSPS) is 23.1. The second-order valence-corrected chi connectivity index (χ2v) is 12.6.